The minimum atomic E-state index is -0.264. The predicted octanol–water partition coefficient (Wildman–Crippen LogP) is 2.80. The fourth-order valence-electron chi connectivity index (χ4n) is 2.53. The van der Waals surface area contributed by atoms with E-state index in [2.05, 4.69) is 5.10 Å². The fraction of sp³-hybridized carbons (Fsp3) is 0.400. The molecule has 0 radical (unpaired) electrons. The third-order valence-electron chi connectivity index (χ3n) is 3.55. The topological polar surface area (TPSA) is 36.3 Å². The Balaban J connectivity index is 1.99. The first kappa shape index (κ1) is 13.1. The Bertz CT molecular complexity index is 624. The van der Waals surface area contributed by atoms with Gasteiger partial charge in [-0.05, 0) is 19.1 Å². The SMILES string of the molecule is COC[C@@H]1CCn2nc(-c3ccccc3F)c(C)c2O1. The molecule has 0 saturated heterocycles. The molecule has 20 heavy (non-hydrogen) atoms. The van der Waals surface area contributed by atoms with Crippen LogP contribution < -0.4 is 4.74 Å². The zero-order valence-electron chi connectivity index (χ0n) is 11.6. The molecule has 0 N–H and O–H groups in total. The van der Waals surface area contributed by atoms with E-state index in [4.69, 9.17) is 9.47 Å². The number of fused-ring (bicyclic) bond motifs is 1. The molecule has 0 fully saturated rings. The molecular weight excluding hydrogens is 259 g/mol. The van der Waals surface area contributed by atoms with Gasteiger partial charge in [0, 0.05) is 31.2 Å². The van der Waals surface area contributed by atoms with Crippen LogP contribution in [-0.4, -0.2) is 29.6 Å². The Labute approximate surface area is 117 Å². The Morgan fingerprint density at radius 2 is 2.25 bits per heavy atom. The number of hydrogen-bond acceptors (Lipinski definition) is 3. The van der Waals surface area contributed by atoms with Gasteiger partial charge in [0.05, 0.1) is 6.61 Å². The number of rotatable bonds is 3. The molecule has 106 valence electrons. The minimum Gasteiger partial charge on any atom is -0.472 e. The molecule has 0 spiro atoms. The van der Waals surface area contributed by atoms with Gasteiger partial charge in [0.2, 0.25) is 5.88 Å². The molecule has 1 aliphatic heterocycles. The highest BCUT2D eigenvalue weighted by atomic mass is 19.1. The van der Waals surface area contributed by atoms with Crippen LogP contribution in [0.25, 0.3) is 11.3 Å². The van der Waals surface area contributed by atoms with Crippen LogP contribution in [0.15, 0.2) is 24.3 Å². The van der Waals surface area contributed by atoms with E-state index >= 15 is 0 Å². The molecule has 0 unspecified atom stereocenters. The van der Waals surface area contributed by atoms with Gasteiger partial charge in [0.25, 0.3) is 0 Å². The van der Waals surface area contributed by atoms with Crippen LogP contribution in [0.1, 0.15) is 12.0 Å². The van der Waals surface area contributed by atoms with Gasteiger partial charge >= 0.3 is 0 Å². The number of hydrogen-bond donors (Lipinski definition) is 0. The van der Waals surface area contributed by atoms with Crippen LogP contribution in [0.2, 0.25) is 0 Å². The molecular formula is C15H17FN2O2. The number of aromatic nitrogens is 2. The lowest BCUT2D eigenvalue weighted by molar-refractivity contribution is 0.0486. The van der Waals surface area contributed by atoms with Crippen molar-refractivity contribution in [2.45, 2.75) is 26.0 Å². The predicted molar refractivity (Wildman–Crippen MR) is 73.3 cm³/mol. The lowest BCUT2D eigenvalue weighted by atomic mass is 10.1. The third kappa shape index (κ3) is 2.18. The van der Waals surface area contributed by atoms with E-state index in [1.54, 1.807) is 19.2 Å². The highest BCUT2D eigenvalue weighted by Crippen LogP contribution is 2.34. The van der Waals surface area contributed by atoms with Gasteiger partial charge in [0.15, 0.2) is 0 Å². The van der Waals surface area contributed by atoms with Gasteiger partial charge in [-0.1, -0.05) is 12.1 Å². The Kier molecular flexibility index (Phi) is 3.44. The van der Waals surface area contributed by atoms with Gasteiger partial charge in [-0.2, -0.15) is 5.10 Å². The standard InChI is InChI=1S/C15H17FN2O2/c1-10-14(12-5-3-4-6-13(12)16)17-18-8-7-11(9-19-2)20-15(10)18/h3-6,11H,7-9H2,1-2H3/t11-/m0/s1. The summed E-state index contributed by atoms with van der Waals surface area (Å²) in [4.78, 5) is 0. The van der Waals surface area contributed by atoms with Crippen molar-refractivity contribution in [3.63, 3.8) is 0 Å². The molecule has 2 aromatic rings. The zero-order chi connectivity index (χ0) is 14.1. The number of methoxy groups -OCH3 is 1. The molecule has 0 bridgehead atoms. The molecule has 0 amide bonds. The summed E-state index contributed by atoms with van der Waals surface area (Å²) in [6.45, 7) is 3.23. The number of halogens is 1. The maximum Gasteiger partial charge on any atom is 0.215 e. The van der Waals surface area contributed by atoms with Crippen molar-refractivity contribution in [1.29, 1.82) is 0 Å². The summed E-state index contributed by atoms with van der Waals surface area (Å²) in [7, 11) is 1.66. The van der Waals surface area contributed by atoms with Crippen LogP contribution in [0.3, 0.4) is 0 Å². The van der Waals surface area contributed by atoms with E-state index in [0.29, 0.717) is 17.9 Å². The van der Waals surface area contributed by atoms with Crippen LogP contribution >= 0.6 is 0 Å². The Morgan fingerprint density at radius 1 is 1.45 bits per heavy atom. The van der Waals surface area contributed by atoms with Crippen LogP contribution in [0.4, 0.5) is 4.39 Å². The van der Waals surface area contributed by atoms with Crippen molar-refractivity contribution in [3.05, 3.63) is 35.6 Å². The van der Waals surface area contributed by atoms with Crippen molar-refractivity contribution in [2.75, 3.05) is 13.7 Å². The molecule has 3 rings (SSSR count). The van der Waals surface area contributed by atoms with Crippen molar-refractivity contribution >= 4 is 0 Å². The number of ether oxygens (including phenoxy) is 2. The van der Waals surface area contributed by atoms with Gasteiger partial charge in [-0.15, -0.1) is 0 Å². The Hall–Kier alpha value is -1.88. The first-order chi connectivity index (χ1) is 9.70. The lowest BCUT2D eigenvalue weighted by Crippen LogP contribution is -2.30. The number of aryl methyl sites for hydroxylation is 1. The van der Waals surface area contributed by atoms with Crippen LogP contribution in [-0.2, 0) is 11.3 Å². The molecule has 1 aromatic heterocycles. The van der Waals surface area contributed by atoms with Crippen LogP contribution in [0, 0.1) is 12.7 Å². The second-order valence-corrected chi connectivity index (χ2v) is 4.97. The summed E-state index contributed by atoms with van der Waals surface area (Å²) < 4.78 is 26.7. The van der Waals surface area contributed by atoms with Crippen molar-refractivity contribution in [2.24, 2.45) is 0 Å². The van der Waals surface area contributed by atoms with E-state index in [9.17, 15) is 4.39 Å². The molecule has 1 atom stereocenters. The van der Waals surface area contributed by atoms with E-state index in [1.165, 1.54) is 6.07 Å². The minimum absolute atomic E-state index is 0.0383. The maximum absolute atomic E-state index is 13.9. The summed E-state index contributed by atoms with van der Waals surface area (Å²) in [5.41, 5.74) is 2.03. The average Bonchev–Trinajstić information content (AvgIpc) is 2.77. The molecule has 5 heteroatoms. The highest BCUT2D eigenvalue weighted by Gasteiger charge is 2.26. The molecule has 0 saturated carbocycles. The van der Waals surface area contributed by atoms with Gasteiger partial charge in [-0.3, -0.25) is 0 Å². The van der Waals surface area contributed by atoms with E-state index in [1.807, 2.05) is 17.7 Å². The van der Waals surface area contributed by atoms with Gasteiger partial charge in [0.1, 0.15) is 17.6 Å². The smallest absolute Gasteiger partial charge is 0.215 e. The monoisotopic (exact) mass is 276 g/mol. The highest BCUT2D eigenvalue weighted by molar-refractivity contribution is 5.65. The number of nitrogens with zero attached hydrogens (tertiary/aromatic N) is 2. The van der Waals surface area contributed by atoms with Gasteiger partial charge in [-0.25, -0.2) is 9.07 Å². The van der Waals surface area contributed by atoms with Crippen molar-refractivity contribution in [3.8, 4) is 17.1 Å². The summed E-state index contributed by atoms with van der Waals surface area (Å²) in [5, 5.41) is 4.49. The summed E-state index contributed by atoms with van der Waals surface area (Å²) in [6.07, 6.45) is 0.884. The first-order valence-corrected chi connectivity index (χ1v) is 6.68. The molecule has 4 nitrogen and oxygen atoms in total. The summed E-state index contributed by atoms with van der Waals surface area (Å²) >= 11 is 0. The van der Waals surface area contributed by atoms with E-state index in [0.717, 1.165) is 24.4 Å². The van der Waals surface area contributed by atoms with Crippen LogP contribution in [0.5, 0.6) is 5.88 Å². The summed E-state index contributed by atoms with van der Waals surface area (Å²) in [5.74, 6) is 0.455. The van der Waals surface area contributed by atoms with Crippen molar-refractivity contribution < 1.29 is 13.9 Å². The average molecular weight is 276 g/mol. The molecule has 1 aromatic carbocycles. The normalized spacial score (nSPS) is 17.6. The maximum atomic E-state index is 13.9. The zero-order valence-corrected chi connectivity index (χ0v) is 11.6. The molecule has 0 aliphatic carbocycles. The second kappa shape index (κ2) is 5.25. The van der Waals surface area contributed by atoms with E-state index < -0.39 is 0 Å². The lowest BCUT2D eigenvalue weighted by Gasteiger charge is -2.24. The fourth-order valence-corrected chi connectivity index (χ4v) is 2.53. The number of benzene rings is 1. The van der Waals surface area contributed by atoms with Gasteiger partial charge < -0.3 is 9.47 Å². The van der Waals surface area contributed by atoms with Crippen molar-refractivity contribution in [1.82, 2.24) is 9.78 Å². The third-order valence-corrected chi connectivity index (χ3v) is 3.55. The summed E-state index contributed by atoms with van der Waals surface area (Å²) in [6, 6.07) is 6.67. The van der Waals surface area contributed by atoms with E-state index in [-0.39, 0.29) is 11.9 Å². The largest absolute Gasteiger partial charge is 0.472 e. The Morgan fingerprint density at radius 3 is 3.00 bits per heavy atom. The molecule has 1 aliphatic rings. The quantitative estimate of drug-likeness (QED) is 0.865. The first-order valence-electron chi connectivity index (χ1n) is 6.68. The molecule has 2 heterocycles. The second-order valence-electron chi connectivity index (χ2n) is 4.97.